The number of carbonyl (C=O) groups is 1. The lowest BCUT2D eigenvalue weighted by Gasteiger charge is -2.21. The van der Waals surface area contributed by atoms with Crippen molar-refractivity contribution < 1.29 is 4.79 Å². The Morgan fingerprint density at radius 3 is 2.38 bits per heavy atom. The molecule has 0 radical (unpaired) electrons. The van der Waals surface area contributed by atoms with Gasteiger partial charge in [0.1, 0.15) is 0 Å². The molecular weight excluding hydrogens is 354 g/mol. The standard InChI is InChI=1S/C19H19NOS3/c1-2-20(13-15-7-5-11-22-15)19(21)17-9-3-4-10-18(17)24-14-16-8-6-12-23-16/h3-12H,2,13-14H2,1H3. The minimum Gasteiger partial charge on any atom is -0.334 e. The van der Waals surface area contributed by atoms with Crippen LogP contribution >= 0.6 is 34.4 Å². The van der Waals surface area contributed by atoms with E-state index in [4.69, 9.17) is 0 Å². The van der Waals surface area contributed by atoms with Gasteiger partial charge in [0, 0.05) is 26.9 Å². The number of amides is 1. The smallest absolute Gasteiger partial charge is 0.255 e. The molecule has 2 nitrogen and oxygen atoms in total. The molecule has 5 heteroatoms. The highest BCUT2D eigenvalue weighted by Crippen LogP contribution is 2.29. The van der Waals surface area contributed by atoms with Gasteiger partial charge in [-0.3, -0.25) is 4.79 Å². The molecule has 2 heterocycles. The van der Waals surface area contributed by atoms with E-state index < -0.39 is 0 Å². The SMILES string of the molecule is CCN(Cc1cccs1)C(=O)c1ccccc1SCc1cccs1. The summed E-state index contributed by atoms with van der Waals surface area (Å²) < 4.78 is 0. The van der Waals surface area contributed by atoms with E-state index in [1.165, 1.54) is 9.75 Å². The average Bonchev–Trinajstić information content (AvgIpc) is 3.31. The van der Waals surface area contributed by atoms with E-state index in [2.05, 4.69) is 29.0 Å². The Labute approximate surface area is 155 Å². The van der Waals surface area contributed by atoms with Crippen LogP contribution in [0.4, 0.5) is 0 Å². The number of nitrogens with zero attached hydrogens (tertiary/aromatic N) is 1. The predicted molar refractivity (Wildman–Crippen MR) is 105 cm³/mol. The van der Waals surface area contributed by atoms with Gasteiger partial charge in [0.2, 0.25) is 0 Å². The number of rotatable bonds is 7. The number of thiophene rings is 2. The van der Waals surface area contributed by atoms with Gasteiger partial charge in [-0.1, -0.05) is 24.3 Å². The lowest BCUT2D eigenvalue weighted by atomic mass is 10.2. The Morgan fingerprint density at radius 1 is 1.00 bits per heavy atom. The second kappa shape index (κ2) is 8.51. The van der Waals surface area contributed by atoms with Gasteiger partial charge in [0.15, 0.2) is 0 Å². The van der Waals surface area contributed by atoms with Crippen LogP contribution in [0.5, 0.6) is 0 Å². The molecule has 1 aromatic carbocycles. The maximum absolute atomic E-state index is 13.0. The zero-order valence-corrected chi connectivity index (χ0v) is 15.9. The zero-order valence-electron chi connectivity index (χ0n) is 13.5. The van der Waals surface area contributed by atoms with Crippen LogP contribution < -0.4 is 0 Å². The number of hydrogen-bond donors (Lipinski definition) is 0. The van der Waals surface area contributed by atoms with Gasteiger partial charge < -0.3 is 4.90 Å². The predicted octanol–water partition coefficient (Wildman–Crippen LogP) is 5.76. The molecule has 124 valence electrons. The van der Waals surface area contributed by atoms with Crippen LogP contribution in [0, 0.1) is 0 Å². The van der Waals surface area contributed by atoms with Gasteiger partial charge in [0.05, 0.1) is 12.1 Å². The first-order chi connectivity index (χ1) is 11.8. The first kappa shape index (κ1) is 17.3. The van der Waals surface area contributed by atoms with Crippen molar-refractivity contribution in [3.8, 4) is 0 Å². The van der Waals surface area contributed by atoms with E-state index in [0.29, 0.717) is 13.1 Å². The van der Waals surface area contributed by atoms with Crippen molar-refractivity contribution in [3.05, 3.63) is 74.6 Å². The van der Waals surface area contributed by atoms with Gasteiger partial charge >= 0.3 is 0 Å². The topological polar surface area (TPSA) is 20.3 Å². The van der Waals surface area contributed by atoms with E-state index in [1.54, 1.807) is 34.4 Å². The minimum atomic E-state index is 0.111. The highest BCUT2D eigenvalue weighted by molar-refractivity contribution is 7.98. The molecule has 0 atom stereocenters. The summed E-state index contributed by atoms with van der Waals surface area (Å²) in [6.07, 6.45) is 0. The van der Waals surface area contributed by atoms with Crippen molar-refractivity contribution in [1.29, 1.82) is 0 Å². The van der Waals surface area contributed by atoms with Crippen LogP contribution in [0.25, 0.3) is 0 Å². The van der Waals surface area contributed by atoms with Gasteiger partial charge in [-0.25, -0.2) is 0 Å². The zero-order chi connectivity index (χ0) is 16.8. The molecule has 3 rings (SSSR count). The normalized spacial score (nSPS) is 10.7. The van der Waals surface area contributed by atoms with Crippen LogP contribution in [-0.2, 0) is 12.3 Å². The average molecular weight is 374 g/mol. The van der Waals surface area contributed by atoms with E-state index in [1.807, 2.05) is 42.2 Å². The van der Waals surface area contributed by atoms with Crippen LogP contribution in [0.15, 0.2) is 64.2 Å². The molecule has 24 heavy (non-hydrogen) atoms. The summed E-state index contributed by atoms with van der Waals surface area (Å²) in [4.78, 5) is 18.5. The fraction of sp³-hybridized carbons (Fsp3) is 0.211. The molecule has 0 unspecified atom stereocenters. The fourth-order valence-corrected chi connectivity index (χ4v) is 4.94. The second-order valence-electron chi connectivity index (χ2n) is 5.26. The second-order valence-corrected chi connectivity index (χ2v) is 8.34. The Bertz CT molecular complexity index is 766. The summed E-state index contributed by atoms with van der Waals surface area (Å²) in [5.41, 5.74) is 0.803. The highest BCUT2D eigenvalue weighted by Gasteiger charge is 2.18. The summed E-state index contributed by atoms with van der Waals surface area (Å²) in [6, 6.07) is 16.3. The summed E-state index contributed by atoms with van der Waals surface area (Å²) >= 11 is 5.18. The molecule has 1 amide bonds. The van der Waals surface area contributed by atoms with Crippen LogP contribution in [0.1, 0.15) is 27.0 Å². The maximum atomic E-state index is 13.0. The first-order valence-electron chi connectivity index (χ1n) is 7.83. The van der Waals surface area contributed by atoms with Crippen molar-refractivity contribution in [2.24, 2.45) is 0 Å². The van der Waals surface area contributed by atoms with Crippen LogP contribution in [0.3, 0.4) is 0 Å². The fourth-order valence-electron chi connectivity index (χ4n) is 2.40. The summed E-state index contributed by atoms with van der Waals surface area (Å²) in [5.74, 6) is 1.01. The van der Waals surface area contributed by atoms with Crippen LogP contribution in [0.2, 0.25) is 0 Å². The minimum absolute atomic E-state index is 0.111. The first-order valence-corrected chi connectivity index (χ1v) is 10.6. The van der Waals surface area contributed by atoms with Crippen molar-refractivity contribution in [2.45, 2.75) is 24.1 Å². The van der Waals surface area contributed by atoms with Gasteiger partial charge in [-0.05, 0) is 41.9 Å². The largest absolute Gasteiger partial charge is 0.334 e. The number of thioether (sulfide) groups is 1. The lowest BCUT2D eigenvalue weighted by molar-refractivity contribution is 0.0750. The van der Waals surface area contributed by atoms with E-state index in [9.17, 15) is 4.79 Å². The molecule has 0 saturated heterocycles. The molecule has 0 aliphatic rings. The molecule has 0 fully saturated rings. The monoisotopic (exact) mass is 373 g/mol. The number of carbonyl (C=O) groups excluding carboxylic acids is 1. The van der Waals surface area contributed by atoms with Crippen molar-refractivity contribution >= 4 is 40.3 Å². The van der Waals surface area contributed by atoms with Crippen LogP contribution in [-0.4, -0.2) is 17.4 Å². The van der Waals surface area contributed by atoms with Gasteiger partial charge in [-0.2, -0.15) is 0 Å². The molecule has 0 N–H and O–H groups in total. The quantitative estimate of drug-likeness (QED) is 0.490. The van der Waals surface area contributed by atoms with E-state index in [0.717, 1.165) is 16.2 Å². The lowest BCUT2D eigenvalue weighted by Crippen LogP contribution is -2.30. The highest BCUT2D eigenvalue weighted by atomic mass is 32.2. The van der Waals surface area contributed by atoms with Crippen molar-refractivity contribution in [2.75, 3.05) is 6.54 Å². The number of benzene rings is 1. The molecule has 0 aliphatic carbocycles. The Kier molecular flexibility index (Phi) is 6.12. The Morgan fingerprint density at radius 2 is 1.71 bits per heavy atom. The summed E-state index contributed by atoms with van der Waals surface area (Å²) in [7, 11) is 0. The van der Waals surface area contributed by atoms with E-state index in [-0.39, 0.29) is 5.91 Å². The third-order valence-corrected chi connectivity index (χ3v) is 6.71. The molecule has 0 saturated carbocycles. The number of hydrogen-bond acceptors (Lipinski definition) is 4. The van der Waals surface area contributed by atoms with Crippen molar-refractivity contribution in [3.63, 3.8) is 0 Å². The molecule has 2 aromatic heterocycles. The van der Waals surface area contributed by atoms with E-state index >= 15 is 0 Å². The molecule has 0 spiro atoms. The Hall–Kier alpha value is -1.56. The summed E-state index contributed by atoms with van der Waals surface area (Å²) in [6.45, 7) is 3.42. The third kappa shape index (κ3) is 4.29. The molecule has 0 aliphatic heterocycles. The molecule has 0 bridgehead atoms. The summed E-state index contributed by atoms with van der Waals surface area (Å²) in [5, 5.41) is 4.14. The molecular formula is C19H19NOS3. The molecule has 3 aromatic rings. The maximum Gasteiger partial charge on any atom is 0.255 e. The van der Waals surface area contributed by atoms with Gasteiger partial charge in [-0.15, -0.1) is 34.4 Å². The van der Waals surface area contributed by atoms with Crippen molar-refractivity contribution in [1.82, 2.24) is 4.90 Å². The third-order valence-electron chi connectivity index (χ3n) is 3.66. The Balaban J connectivity index is 1.75. The van der Waals surface area contributed by atoms with Gasteiger partial charge in [0.25, 0.3) is 5.91 Å².